The molecule has 2 rings (SSSR count). The minimum absolute atomic E-state index is 0.209. The molecule has 0 spiro atoms. The van der Waals surface area contributed by atoms with Crippen LogP contribution in [0.4, 0.5) is 5.95 Å². The molecule has 0 aliphatic carbocycles. The van der Waals surface area contributed by atoms with Crippen LogP contribution in [0, 0.1) is 11.8 Å². The maximum Gasteiger partial charge on any atom is 0.306 e. The van der Waals surface area contributed by atoms with Gasteiger partial charge in [0, 0.05) is 26.6 Å². The van der Waals surface area contributed by atoms with Crippen LogP contribution in [-0.2, 0) is 18.3 Å². The molecule has 0 saturated carbocycles. The maximum absolute atomic E-state index is 10.9. The van der Waals surface area contributed by atoms with Crippen molar-refractivity contribution < 1.29 is 9.90 Å². The molecule has 1 aliphatic heterocycles. The van der Waals surface area contributed by atoms with Gasteiger partial charge in [-0.15, -0.1) is 10.2 Å². The van der Waals surface area contributed by atoms with Crippen molar-refractivity contribution in [1.29, 1.82) is 0 Å². The second kappa shape index (κ2) is 5.59. The lowest BCUT2D eigenvalue weighted by molar-refractivity contribution is -0.142. The summed E-state index contributed by atoms with van der Waals surface area (Å²) in [7, 11) is 1.98. The minimum Gasteiger partial charge on any atom is -0.481 e. The maximum atomic E-state index is 10.9. The average molecular weight is 266 g/mol. The van der Waals surface area contributed by atoms with E-state index in [-0.39, 0.29) is 5.92 Å². The fraction of sp³-hybridized carbons (Fsp3) is 0.769. The van der Waals surface area contributed by atoms with Crippen molar-refractivity contribution in [1.82, 2.24) is 14.8 Å². The van der Waals surface area contributed by atoms with Gasteiger partial charge in [-0.25, -0.2) is 0 Å². The van der Waals surface area contributed by atoms with Crippen molar-refractivity contribution in [3.05, 3.63) is 5.82 Å². The highest BCUT2D eigenvalue weighted by Gasteiger charge is 2.27. The second-order valence-corrected chi connectivity index (χ2v) is 5.67. The molecule has 6 heteroatoms. The Balaban J connectivity index is 2.04. The Labute approximate surface area is 113 Å². The summed E-state index contributed by atoms with van der Waals surface area (Å²) in [5.74, 6) is 1.51. The Morgan fingerprint density at radius 3 is 2.53 bits per heavy atom. The summed E-state index contributed by atoms with van der Waals surface area (Å²) in [5.41, 5.74) is 0. The minimum atomic E-state index is -0.682. The Kier molecular flexibility index (Phi) is 4.07. The molecule has 0 unspecified atom stereocenters. The van der Waals surface area contributed by atoms with E-state index in [0.717, 1.165) is 31.3 Å². The van der Waals surface area contributed by atoms with E-state index < -0.39 is 5.97 Å². The average Bonchev–Trinajstić information content (AvgIpc) is 2.70. The number of hydrogen-bond acceptors (Lipinski definition) is 4. The summed E-state index contributed by atoms with van der Waals surface area (Å²) in [5, 5.41) is 17.5. The Morgan fingerprint density at radius 2 is 2.00 bits per heavy atom. The number of nitrogens with zero attached hydrogens (tertiary/aromatic N) is 4. The van der Waals surface area contributed by atoms with Crippen LogP contribution in [0.5, 0.6) is 0 Å². The summed E-state index contributed by atoms with van der Waals surface area (Å²) in [4.78, 5) is 13.1. The largest absolute Gasteiger partial charge is 0.481 e. The first-order chi connectivity index (χ1) is 8.99. The van der Waals surface area contributed by atoms with Gasteiger partial charge in [-0.3, -0.25) is 4.79 Å². The van der Waals surface area contributed by atoms with Crippen LogP contribution in [0.25, 0.3) is 0 Å². The van der Waals surface area contributed by atoms with Gasteiger partial charge in [0.05, 0.1) is 5.92 Å². The summed E-state index contributed by atoms with van der Waals surface area (Å²) < 4.78 is 2.03. The number of rotatable bonds is 4. The van der Waals surface area contributed by atoms with Crippen LogP contribution in [-0.4, -0.2) is 38.9 Å². The predicted molar refractivity (Wildman–Crippen MR) is 72.1 cm³/mol. The van der Waals surface area contributed by atoms with Gasteiger partial charge in [0.1, 0.15) is 5.82 Å². The molecule has 1 aliphatic rings. The molecule has 0 radical (unpaired) electrons. The van der Waals surface area contributed by atoms with Crippen LogP contribution in [0.2, 0.25) is 0 Å². The lowest BCUT2D eigenvalue weighted by Crippen LogP contribution is -2.37. The van der Waals surface area contributed by atoms with E-state index in [1.165, 1.54) is 0 Å². The number of anilines is 1. The molecule has 0 atom stereocenters. The van der Waals surface area contributed by atoms with Gasteiger partial charge in [-0.2, -0.15) is 0 Å². The van der Waals surface area contributed by atoms with Crippen molar-refractivity contribution in [2.75, 3.05) is 18.0 Å². The van der Waals surface area contributed by atoms with E-state index >= 15 is 0 Å². The quantitative estimate of drug-likeness (QED) is 0.889. The standard InChI is InChI=1S/C13H22N4O2/c1-9(2)8-11-14-15-13(16(11)3)17-6-4-10(5-7-17)12(18)19/h9-10H,4-8H2,1-3H3,(H,18,19). The third-order valence-electron chi connectivity index (χ3n) is 3.66. The fourth-order valence-electron chi connectivity index (χ4n) is 2.50. The van der Waals surface area contributed by atoms with Gasteiger partial charge >= 0.3 is 5.97 Å². The van der Waals surface area contributed by atoms with E-state index in [1.807, 2.05) is 11.6 Å². The molecule has 1 saturated heterocycles. The van der Waals surface area contributed by atoms with Crippen LogP contribution < -0.4 is 4.90 Å². The molecule has 106 valence electrons. The Bertz CT molecular complexity index is 447. The smallest absolute Gasteiger partial charge is 0.306 e. The molecular formula is C13H22N4O2. The zero-order valence-corrected chi connectivity index (χ0v) is 11.8. The highest BCUT2D eigenvalue weighted by molar-refractivity contribution is 5.70. The normalized spacial score (nSPS) is 17.2. The first-order valence-corrected chi connectivity index (χ1v) is 6.85. The topological polar surface area (TPSA) is 71.2 Å². The van der Waals surface area contributed by atoms with Gasteiger partial charge < -0.3 is 14.6 Å². The molecule has 0 aromatic carbocycles. The van der Waals surface area contributed by atoms with Crippen LogP contribution in [0.1, 0.15) is 32.5 Å². The van der Waals surface area contributed by atoms with E-state index in [4.69, 9.17) is 5.11 Å². The molecule has 6 nitrogen and oxygen atoms in total. The Morgan fingerprint density at radius 1 is 1.37 bits per heavy atom. The van der Waals surface area contributed by atoms with E-state index in [9.17, 15) is 4.79 Å². The summed E-state index contributed by atoms with van der Waals surface area (Å²) in [6, 6.07) is 0. The molecule has 0 bridgehead atoms. The second-order valence-electron chi connectivity index (χ2n) is 5.67. The van der Waals surface area contributed by atoms with Crippen LogP contribution in [0.3, 0.4) is 0 Å². The molecule has 0 amide bonds. The third-order valence-corrected chi connectivity index (χ3v) is 3.66. The highest BCUT2D eigenvalue weighted by atomic mass is 16.4. The van der Waals surface area contributed by atoms with Crippen molar-refractivity contribution >= 4 is 11.9 Å². The molecule has 1 aromatic heterocycles. The number of carbonyl (C=O) groups is 1. The number of piperidine rings is 1. The van der Waals surface area contributed by atoms with E-state index in [2.05, 4.69) is 28.9 Å². The van der Waals surface area contributed by atoms with Crippen LogP contribution in [0.15, 0.2) is 0 Å². The molecule has 1 fully saturated rings. The lowest BCUT2D eigenvalue weighted by atomic mass is 9.97. The summed E-state index contributed by atoms with van der Waals surface area (Å²) in [6.07, 6.45) is 2.28. The van der Waals surface area contributed by atoms with Crippen LogP contribution >= 0.6 is 0 Å². The number of aliphatic carboxylic acids is 1. The molecule has 2 heterocycles. The van der Waals surface area contributed by atoms with Gasteiger partial charge in [0.15, 0.2) is 0 Å². The van der Waals surface area contributed by atoms with Gasteiger partial charge in [-0.1, -0.05) is 13.8 Å². The van der Waals surface area contributed by atoms with Crippen molar-refractivity contribution in [2.45, 2.75) is 33.1 Å². The first kappa shape index (κ1) is 13.8. The molecular weight excluding hydrogens is 244 g/mol. The summed E-state index contributed by atoms with van der Waals surface area (Å²) >= 11 is 0. The van der Waals surface area contributed by atoms with Crippen molar-refractivity contribution in [2.24, 2.45) is 18.9 Å². The summed E-state index contributed by atoms with van der Waals surface area (Å²) in [6.45, 7) is 5.80. The van der Waals surface area contributed by atoms with Crippen molar-refractivity contribution in [3.8, 4) is 0 Å². The fourth-order valence-corrected chi connectivity index (χ4v) is 2.50. The van der Waals surface area contributed by atoms with Gasteiger partial charge in [-0.05, 0) is 18.8 Å². The van der Waals surface area contributed by atoms with Crippen molar-refractivity contribution in [3.63, 3.8) is 0 Å². The first-order valence-electron chi connectivity index (χ1n) is 6.85. The number of carboxylic acid groups (broad SMARTS) is 1. The monoisotopic (exact) mass is 266 g/mol. The predicted octanol–water partition coefficient (Wildman–Crippen LogP) is 1.31. The van der Waals surface area contributed by atoms with E-state index in [1.54, 1.807) is 0 Å². The third kappa shape index (κ3) is 3.05. The zero-order chi connectivity index (χ0) is 14.0. The van der Waals surface area contributed by atoms with Gasteiger partial charge in [0.25, 0.3) is 0 Å². The number of carboxylic acids is 1. The highest BCUT2D eigenvalue weighted by Crippen LogP contribution is 2.22. The zero-order valence-electron chi connectivity index (χ0n) is 11.8. The van der Waals surface area contributed by atoms with E-state index in [0.29, 0.717) is 18.8 Å². The number of hydrogen-bond donors (Lipinski definition) is 1. The Hall–Kier alpha value is -1.59. The molecule has 1 aromatic rings. The molecule has 19 heavy (non-hydrogen) atoms. The molecule has 1 N–H and O–H groups in total. The van der Waals surface area contributed by atoms with Gasteiger partial charge in [0.2, 0.25) is 5.95 Å². The lowest BCUT2D eigenvalue weighted by Gasteiger charge is -2.30. The number of aromatic nitrogens is 3. The SMILES string of the molecule is CC(C)Cc1nnc(N2CCC(C(=O)O)CC2)n1C.